The molecule has 0 bridgehead atoms. The lowest BCUT2D eigenvalue weighted by Crippen LogP contribution is -2.43. The number of hydrogen-bond donors (Lipinski definition) is 5. The molecule has 4 heterocycles. The average molecular weight is 791 g/mol. The first kappa shape index (κ1) is 43.8. The number of halogens is 1. The zero-order valence-corrected chi connectivity index (χ0v) is 35.3. The lowest BCUT2D eigenvalue weighted by molar-refractivity contribution is 0.106. The van der Waals surface area contributed by atoms with Crippen LogP contribution in [0.2, 0.25) is 0 Å². The number of nitrogens with zero attached hydrogens (tertiary/aromatic N) is 3. The first-order chi connectivity index (χ1) is 26.4. The first-order valence-electron chi connectivity index (χ1n) is 19.5. The molecule has 3 aromatic rings. The van der Waals surface area contributed by atoms with E-state index in [1.54, 1.807) is 6.07 Å². The molecule has 2 aromatic carbocycles. The SMILES string of the molecule is C=c1c(CCC)c(-c2ccc(F)c3sc(N)c(C#N)c23)c2c(/c1=C(/N=C(\C)OCC13CCCN1CC(C)C3)NCC(=N)SC(=N)N)COC2.CC.CCCC. The molecule has 2 fully saturated rings. The van der Waals surface area contributed by atoms with E-state index in [1.165, 1.54) is 25.3 Å². The molecule has 10 nitrogen and oxygen atoms in total. The molecule has 2 saturated heterocycles. The molecule has 0 radical (unpaired) electrons. The van der Waals surface area contributed by atoms with Crippen LogP contribution in [0.25, 0.3) is 33.6 Å². The molecule has 0 saturated carbocycles. The maximum Gasteiger partial charge on any atom is 0.186 e. The molecular weight excluding hydrogens is 732 g/mol. The second kappa shape index (κ2) is 19.8. The van der Waals surface area contributed by atoms with Crippen molar-refractivity contribution < 1.29 is 13.9 Å². The second-order valence-electron chi connectivity index (χ2n) is 14.3. The van der Waals surface area contributed by atoms with Crippen LogP contribution in [0.15, 0.2) is 17.1 Å². The predicted octanol–water partition coefficient (Wildman–Crippen LogP) is 7.96. The third-order valence-corrected chi connectivity index (χ3v) is 12.0. The Balaban J connectivity index is 0.00000105. The molecule has 2 atom stereocenters. The smallest absolute Gasteiger partial charge is 0.186 e. The highest BCUT2D eigenvalue weighted by Gasteiger charge is 2.47. The van der Waals surface area contributed by atoms with Gasteiger partial charge in [0.25, 0.3) is 0 Å². The number of benzene rings is 2. The standard InChI is InChI=1S/C36H43FN8O2S2.C4H10.C2H6/c1-5-7-22-20(3)29(25-16-46-17-26(25)30(22)23-8-9-27(37)32-31(23)24(13-38)33(40)49-32)34(43-14-28(39)48-35(41)42)44-21(4)47-18-36-10-6-11-45(36)15-19(2)12-36;1-3-4-2;1-2/h8-9,19,39,43H,3,5-7,10-12,14-18,40H2,1-2,4H3,(H3,41,42);3-4H2,1-2H3;1-2H3/b34-29+,39-28?,44-21+;;. The van der Waals surface area contributed by atoms with E-state index in [1.807, 2.05) is 20.8 Å². The summed E-state index contributed by atoms with van der Waals surface area (Å²) in [4.78, 5) is 7.57. The van der Waals surface area contributed by atoms with Crippen LogP contribution in [-0.4, -0.2) is 52.8 Å². The van der Waals surface area contributed by atoms with Gasteiger partial charge >= 0.3 is 0 Å². The number of amidine groups is 1. The molecular formula is C42H59FN8O2S2. The van der Waals surface area contributed by atoms with Gasteiger partial charge in [0.15, 0.2) is 11.1 Å². The monoisotopic (exact) mass is 790 g/mol. The molecule has 0 amide bonds. The van der Waals surface area contributed by atoms with E-state index in [4.69, 9.17) is 36.8 Å². The molecule has 6 rings (SSSR count). The molecule has 298 valence electrons. The van der Waals surface area contributed by atoms with Crippen molar-refractivity contribution in [2.75, 3.05) is 32.0 Å². The van der Waals surface area contributed by atoms with Gasteiger partial charge in [0, 0.05) is 24.1 Å². The summed E-state index contributed by atoms with van der Waals surface area (Å²) in [6, 6.07) is 5.37. The van der Waals surface area contributed by atoms with Crippen LogP contribution in [0, 0.1) is 33.9 Å². The van der Waals surface area contributed by atoms with Crippen LogP contribution in [0.5, 0.6) is 0 Å². The van der Waals surface area contributed by atoms with Crippen LogP contribution < -0.4 is 27.2 Å². The highest BCUT2D eigenvalue weighted by Crippen LogP contribution is 2.44. The maximum atomic E-state index is 15.1. The summed E-state index contributed by atoms with van der Waals surface area (Å²) in [5.41, 5.74) is 16.5. The van der Waals surface area contributed by atoms with Gasteiger partial charge in [0.2, 0.25) is 0 Å². The van der Waals surface area contributed by atoms with Gasteiger partial charge in [-0.05, 0) is 89.0 Å². The van der Waals surface area contributed by atoms with Crippen LogP contribution in [0.1, 0.15) is 109 Å². The fourth-order valence-electron chi connectivity index (χ4n) is 7.95. The van der Waals surface area contributed by atoms with Gasteiger partial charge in [-0.1, -0.05) is 73.5 Å². The molecule has 2 unspecified atom stereocenters. The predicted molar refractivity (Wildman–Crippen MR) is 231 cm³/mol. The van der Waals surface area contributed by atoms with Gasteiger partial charge in [0.05, 0.1) is 40.6 Å². The third kappa shape index (κ3) is 9.54. The molecule has 7 N–H and O–H groups in total. The molecule has 3 aliphatic heterocycles. The van der Waals surface area contributed by atoms with Crippen molar-refractivity contribution in [1.82, 2.24) is 10.2 Å². The number of fused-ring (bicyclic) bond motifs is 3. The topological polar surface area (TPSA) is 170 Å². The summed E-state index contributed by atoms with van der Waals surface area (Å²) in [7, 11) is 0. The number of ether oxygens (including phenoxy) is 2. The minimum absolute atomic E-state index is 0.0281. The van der Waals surface area contributed by atoms with Gasteiger partial charge < -0.3 is 26.3 Å². The fourth-order valence-corrected chi connectivity index (χ4v) is 9.31. The first-order valence-corrected chi connectivity index (χ1v) is 21.2. The van der Waals surface area contributed by atoms with Crippen molar-refractivity contribution in [2.24, 2.45) is 16.6 Å². The molecule has 0 aliphatic carbocycles. The van der Waals surface area contributed by atoms with E-state index in [9.17, 15) is 5.26 Å². The Hall–Kier alpha value is -3.96. The van der Waals surface area contributed by atoms with E-state index in [-0.39, 0.29) is 32.9 Å². The molecule has 0 spiro atoms. The van der Waals surface area contributed by atoms with Crippen molar-refractivity contribution in [1.29, 1.82) is 16.1 Å². The average Bonchev–Trinajstić information content (AvgIpc) is 3.93. The summed E-state index contributed by atoms with van der Waals surface area (Å²) < 4.78 is 28.0. The normalized spacial score (nSPS) is 19.4. The summed E-state index contributed by atoms with van der Waals surface area (Å²) in [6.45, 7) is 22.6. The van der Waals surface area contributed by atoms with Crippen molar-refractivity contribution in [3.63, 3.8) is 0 Å². The Bertz CT molecular complexity index is 2070. The minimum Gasteiger partial charge on any atom is -0.479 e. The molecule has 55 heavy (non-hydrogen) atoms. The summed E-state index contributed by atoms with van der Waals surface area (Å²) >= 11 is 1.95. The zero-order valence-electron chi connectivity index (χ0n) is 33.6. The van der Waals surface area contributed by atoms with E-state index in [0.717, 1.165) is 93.7 Å². The Morgan fingerprint density at radius 1 is 1.22 bits per heavy atom. The van der Waals surface area contributed by atoms with Gasteiger partial charge in [-0.2, -0.15) is 5.26 Å². The molecule has 13 heteroatoms. The lowest BCUT2D eigenvalue weighted by atomic mass is 9.85. The number of nitrogen functional groups attached to an aromatic ring is 1. The quantitative estimate of drug-likeness (QED) is 0.102. The van der Waals surface area contributed by atoms with Crippen LogP contribution in [-0.2, 0) is 29.1 Å². The lowest BCUT2D eigenvalue weighted by Gasteiger charge is -2.31. The Morgan fingerprint density at radius 2 is 1.93 bits per heavy atom. The highest BCUT2D eigenvalue weighted by atomic mass is 32.2. The van der Waals surface area contributed by atoms with E-state index < -0.39 is 5.82 Å². The van der Waals surface area contributed by atoms with Crippen molar-refractivity contribution >= 4 is 66.7 Å². The number of nitrogens with two attached hydrogens (primary N) is 2. The largest absolute Gasteiger partial charge is 0.479 e. The fraction of sp³-hybridized carbons (Fsp3) is 0.524. The summed E-state index contributed by atoms with van der Waals surface area (Å²) in [5, 5.41) is 31.8. The van der Waals surface area contributed by atoms with Crippen molar-refractivity contribution in [2.45, 2.75) is 112 Å². The minimum atomic E-state index is -0.420. The number of anilines is 1. The zero-order chi connectivity index (χ0) is 40.4. The number of thioether (sulfide) groups is 1. The number of nitrogens with one attached hydrogen (secondary N) is 3. The van der Waals surface area contributed by atoms with E-state index >= 15 is 4.39 Å². The molecule has 3 aliphatic rings. The number of rotatable bonds is 10. The summed E-state index contributed by atoms with van der Waals surface area (Å²) in [6.07, 6.45) is 7.48. The summed E-state index contributed by atoms with van der Waals surface area (Å²) in [5.74, 6) is 1.19. The second-order valence-corrected chi connectivity index (χ2v) is 16.4. The molecule has 1 aromatic heterocycles. The van der Waals surface area contributed by atoms with E-state index in [0.29, 0.717) is 54.0 Å². The van der Waals surface area contributed by atoms with Crippen molar-refractivity contribution in [3.05, 3.63) is 50.6 Å². The Labute approximate surface area is 334 Å². The van der Waals surface area contributed by atoms with Gasteiger partial charge in [-0.25, -0.2) is 9.38 Å². The Morgan fingerprint density at radius 3 is 2.58 bits per heavy atom. The highest BCUT2D eigenvalue weighted by molar-refractivity contribution is 8.26. The number of unbranched alkanes of at least 4 members (excludes halogenated alkanes) is 1. The van der Waals surface area contributed by atoms with Crippen LogP contribution in [0.4, 0.5) is 9.39 Å². The maximum absolute atomic E-state index is 15.1. The van der Waals surface area contributed by atoms with E-state index in [2.05, 4.69) is 50.6 Å². The number of aliphatic imine (C=N–C) groups is 1. The number of nitriles is 1. The number of thiophene rings is 1. The Kier molecular flexibility index (Phi) is 15.7. The van der Waals surface area contributed by atoms with Crippen LogP contribution in [0.3, 0.4) is 0 Å². The number of hydrogen-bond acceptors (Lipinski definition) is 11. The van der Waals surface area contributed by atoms with Crippen LogP contribution >= 0.6 is 23.1 Å². The third-order valence-electron chi connectivity index (χ3n) is 10.3. The van der Waals surface area contributed by atoms with Gasteiger partial charge in [-0.15, -0.1) is 11.3 Å². The van der Waals surface area contributed by atoms with Gasteiger partial charge in [-0.3, -0.25) is 15.7 Å². The van der Waals surface area contributed by atoms with Crippen molar-refractivity contribution in [3.8, 4) is 17.2 Å². The van der Waals surface area contributed by atoms with Gasteiger partial charge in [0.1, 0.15) is 29.3 Å².